The first-order valence-electron chi connectivity index (χ1n) is 11.4. The van der Waals surface area contributed by atoms with Gasteiger partial charge in [-0.05, 0) is 98.2 Å². The molecule has 0 radical (unpaired) electrons. The number of fused-ring (bicyclic) bond motifs is 5. The van der Waals surface area contributed by atoms with E-state index in [1.165, 1.54) is 44.8 Å². The highest BCUT2D eigenvalue weighted by atomic mass is 16.5. The van der Waals surface area contributed by atoms with Gasteiger partial charge < -0.3 is 14.6 Å². The predicted octanol–water partition coefficient (Wildman–Crippen LogP) is 4.86. The molecule has 1 unspecified atom stereocenters. The maximum absolute atomic E-state index is 11.5. The molecule has 0 spiro atoms. The van der Waals surface area contributed by atoms with E-state index >= 15 is 0 Å². The third-order valence-corrected chi connectivity index (χ3v) is 10.2. The molecule has 4 saturated carbocycles. The summed E-state index contributed by atoms with van der Waals surface area (Å²) < 4.78 is 5.34. The minimum Gasteiger partial charge on any atom is -0.387 e. The highest BCUT2D eigenvalue weighted by Gasteiger charge is 2.61. The molecule has 9 atom stereocenters. The van der Waals surface area contributed by atoms with Crippen molar-refractivity contribution in [1.82, 2.24) is 0 Å². The molecule has 0 aromatic heterocycles. The molecule has 1 N–H and O–H groups in total. The maximum atomic E-state index is 11.5. The summed E-state index contributed by atoms with van der Waals surface area (Å²) in [7, 11) is 1.71. The fourth-order valence-corrected chi connectivity index (χ4v) is 8.72. The van der Waals surface area contributed by atoms with E-state index < -0.39 is 5.60 Å². The Morgan fingerprint density at radius 3 is 2.48 bits per heavy atom. The number of aldehydes is 1. The van der Waals surface area contributed by atoms with Gasteiger partial charge in [-0.1, -0.05) is 20.8 Å². The van der Waals surface area contributed by atoms with Crippen LogP contribution in [0, 0.1) is 46.3 Å². The van der Waals surface area contributed by atoms with E-state index in [9.17, 15) is 9.90 Å². The average Bonchev–Trinajstić information content (AvgIpc) is 2.99. The van der Waals surface area contributed by atoms with E-state index in [1.54, 1.807) is 7.11 Å². The topological polar surface area (TPSA) is 46.5 Å². The van der Waals surface area contributed by atoms with E-state index in [0.29, 0.717) is 29.3 Å². The van der Waals surface area contributed by atoms with Crippen LogP contribution in [0.15, 0.2) is 0 Å². The van der Waals surface area contributed by atoms with Crippen molar-refractivity contribution in [3.05, 3.63) is 0 Å². The van der Waals surface area contributed by atoms with Gasteiger partial charge in [-0.25, -0.2) is 0 Å². The van der Waals surface area contributed by atoms with Gasteiger partial charge >= 0.3 is 0 Å². The average molecular weight is 377 g/mol. The zero-order valence-corrected chi connectivity index (χ0v) is 17.9. The molecule has 4 rings (SSSR count). The SMILES string of the molecule is COC[C@]1(O)CC[C@@]2(C)[C@H](CC[C@@H]3[C@@H]2CC[C@]2(C)C([C@H](C)C=O)CC[C@@H]32)C1. The van der Waals surface area contributed by atoms with Crippen molar-refractivity contribution in [1.29, 1.82) is 0 Å². The Hall–Kier alpha value is -0.410. The molecule has 0 bridgehead atoms. The largest absolute Gasteiger partial charge is 0.387 e. The standard InChI is InChI=1S/C24H40O3/c1-16(14-25)19-7-8-20-18-6-5-17-13-24(26,15-27-4)12-11-22(17,2)21(18)9-10-23(19,20)3/h14,16-21,26H,5-13,15H2,1-4H3/t16-,17-,18+,19?,20+,21+,22+,23-,24+/m1/s1. The van der Waals surface area contributed by atoms with Gasteiger partial charge in [-0.2, -0.15) is 0 Å². The van der Waals surface area contributed by atoms with Gasteiger partial charge in [0.15, 0.2) is 0 Å². The van der Waals surface area contributed by atoms with E-state index in [0.717, 1.165) is 37.0 Å². The van der Waals surface area contributed by atoms with E-state index in [4.69, 9.17) is 4.74 Å². The number of ether oxygens (including phenoxy) is 1. The zero-order valence-electron chi connectivity index (χ0n) is 17.9. The Morgan fingerprint density at radius 2 is 1.78 bits per heavy atom. The van der Waals surface area contributed by atoms with Gasteiger partial charge in [-0.3, -0.25) is 0 Å². The first kappa shape index (κ1) is 19.9. The summed E-state index contributed by atoms with van der Waals surface area (Å²) in [5.41, 5.74) is 0.154. The lowest BCUT2D eigenvalue weighted by molar-refractivity contribution is -0.163. The molecule has 3 heteroatoms. The third-order valence-electron chi connectivity index (χ3n) is 10.2. The van der Waals surface area contributed by atoms with Gasteiger partial charge in [0.1, 0.15) is 6.29 Å². The highest BCUT2D eigenvalue weighted by molar-refractivity contribution is 5.53. The normalized spacial score (nSPS) is 53.1. The molecule has 0 aromatic carbocycles. The van der Waals surface area contributed by atoms with Crippen molar-refractivity contribution in [2.45, 2.75) is 84.2 Å². The molecule has 0 amide bonds. The molecule has 0 saturated heterocycles. The molecule has 0 aliphatic heterocycles. The van der Waals surface area contributed by atoms with Crippen LogP contribution in [0.5, 0.6) is 0 Å². The Kier molecular flexibility index (Phi) is 5.03. The van der Waals surface area contributed by atoms with Crippen molar-refractivity contribution < 1.29 is 14.6 Å². The third kappa shape index (κ3) is 2.94. The molecule has 3 nitrogen and oxygen atoms in total. The molecule has 27 heavy (non-hydrogen) atoms. The fraction of sp³-hybridized carbons (Fsp3) is 0.958. The molecular formula is C24H40O3. The predicted molar refractivity (Wildman–Crippen MR) is 107 cm³/mol. The Labute approximate surface area is 165 Å². The summed E-state index contributed by atoms with van der Waals surface area (Å²) in [5, 5.41) is 11.0. The Bertz CT molecular complexity index is 576. The highest BCUT2D eigenvalue weighted by Crippen LogP contribution is 2.68. The maximum Gasteiger partial charge on any atom is 0.123 e. The lowest BCUT2D eigenvalue weighted by Crippen LogP contribution is -2.56. The first-order valence-corrected chi connectivity index (χ1v) is 11.4. The molecule has 154 valence electrons. The molecule has 4 fully saturated rings. The summed E-state index contributed by atoms with van der Waals surface area (Å²) in [6, 6.07) is 0. The number of rotatable bonds is 4. The number of hydrogen-bond donors (Lipinski definition) is 1. The van der Waals surface area contributed by atoms with Crippen molar-refractivity contribution in [3.8, 4) is 0 Å². The molecular weight excluding hydrogens is 336 g/mol. The van der Waals surface area contributed by atoms with Crippen LogP contribution < -0.4 is 0 Å². The van der Waals surface area contributed by atoms with Crippen molar-refractivity contribution in [2.24, 2.45) is 46.3 Å². The van der Waals surface area contributed by atoms with Crippen LogP contribution in [-0.2, 0) is 9.53 Å². The first-order chi connectivity index (χ1) is 12.8. The van der Waals surface area contributed by atoms with Gasteiger partial charge in [0.05, 0.1) is 12.2 Å². The Morgan fingerprint density at radius 1 is 1.04 bits per heavy atom. The van der Waals surface area contributed by atoms with Crippen molar-refractivity contribution in [3.63, 3.8) is 0 Å². The van der Waals surface area contributed by atoms with Gasteiger partial charge in [0, 0.05) is 13.0 Å². The fourth-order valence-electron chi connectivity index (χ4n) is 8.72. The van der Waals surface area contributed by atoms with Crippen molar-refractivity contribution in [2.75, 3.05) is 13.7 Å². The zero-order chi connectivity index (χ0) is 19.4. The minimum atomic E-state index is -0.604. The summed E-state index contributed by atoms with van der Waals surface area (Å²) in [6.45, 7) is 7.69. The van der Waals surface area contributed by atoms with Gasteiger partial charge in [0.25, 0.3) is 0 Å². The smallest absolute Gasteiger partial charge is 0.123 e. The second-order valence-corrected chi connectivity index (χ2v) is 11.2. The van der Waals surface area contributed by atoms with Crippen LogP contribution >= 0.6 is 0 Å². The van der Waals surface area contributed by atoms with Crippen LogP contribution in [0.2, 0.25) is 0 Å². The number of aliphatic hydroxyl groups is 1. The van der Waals surface area contributed by atoms with E-state index in [-0.39, 0.29) is 5.92 Å². The summed E-state index contributed by atoms with van der Waals surface area (Å²) in [6.07, 6.45) is 12.0. The second-order valence-electron chi connectivity index (χ2n) is 11.2. The monoisotopic (exact) mass is 376 g/mol. The molecule has 0 heterocycles. The lowest BCUT2D eigenvalue weighted by atomic mass is 9.43. The van der Waals surface area contributed by atoms with Crippen LogP contribution in [0.25, 0.3) is 0 Å². The van der Waals surface area contributed by atoms with Crippen molar-refractivity contribution >= 4 is 6.29 Å². The van der Waals surface area contributed by atoms with E-state index in [2.05, 4.69) is 20.8 Å². The van der Waals surface area contributed by atoms with Crippen LogP contribution in [0.4, 0.5) is 0 Å². The van der Waals surface area contributed by atoms with Crippen LogP contribution in [0.3, 0.4) is 0 Å². The summed E-state index contributed by atoms with van der Waals surface area (Å²) in [4.78, 5) is 11.5. The number of carbonyl (C=O) groups excluding carboxylic acids is 1. The molecule has 4 aliphatic carbocycles. The molecule has 0 aromatic rings. The van der Waals surface area contributed by atoms with Gasteiger partial charge in [-0.15, -0.1) is 0 Å². The van der Waals surface area contributed by atoms with Crippen LogP contribution in [0.1, 0.15) is 78.6 Å². The van der Waals surface area contributed by atoms with E-state index in [1.807, 2.05) is 0 Å². The minimum absolute atomic E-state index is 0.210. The lowest BCUT2D eigenvalue weighted by Gasteiger charge is -2.62. The quantitative estimate of drug-likeness (QED) is 0.713. The number of hydrogen-bond acceptors (Lipinski definition) is 3. The molecule has 4 aliphatic rings. The van der Waals surface area contributed by atoms with Crippen LogP contribution in [-0.4, -0.2) is 30.7 Å². The number of methoxy groups -OCH3 is 1. The summed E-state index contributed by atoms with van der Waals surface area (Å²) in [5.74, 6) is 3.89. The van der Waals surface area contributed by atoms with Gasteiger partial charge in [0.2, 0.25) is 0 Å². The number of carbonyl (C=O) groups is 1. The Balaban J connectivity index is 1.55. The second kappa shape index (κ2) is 6.83. The summed E-state index contributed by atoms with van der Waals surface area (Å²) >= 11 is 0.